The largest absolute Gasteiger partial charge is 0.439 e. The van der Waals surface area contributed by atoms with E-state index in [1.165, 1.54) is 5.56 Å². The highest BCUT2D eigenvalue weighted by atomic mass is 16.5. The SMILES string of the molecule is Cc1cnc(N)nc1Oc1ccc(-c2ccccc2)cc1. The summed E-state index contributed by atoms with van der Waals surface area (Å²) in [6.45, 7) is 1.88. The monoisotopic (exact) mass is 277 g/mol. The van der Waals surface area contributed by atoms with E-state index in [1.807, 2.05) is 49.4 Å². The molecular weight excluding hydrogens is 262 g/mol. The molecule has 0 aliphatic heterocycles. The Morgan fingerprint density at radius 1 is 0.905 bits per heavy atom. The van der Waals surface area contributed by atoms with E-state index >= 15 is 0 Å². The maximum Gasteiger partial charge on any atom is 0.226 e. The van der Waals surface area contributed by atoms with Crippen molar-refractivity contribution in [1.29, 1.82) is 0 Å². The van der Waals surface area contributed by atoms with Crippen LogP contribution in [0.3, 0.4) is 0 Å². The molecule has 4 heteroatoms. The van der Waals surface area contributed by atoms with Gasteiger partial charge in [-0.25, -0.2) is 4.98 Å². The third-order valence-corrected chi connectivity index (χ3v) is 3.12. The average molecular weight is 277 g/mol. The Kier molecular flexibility index (Phi) is 3.51. The minimum Gasteiger partial charge on any atom is -0.439 e. The molecule has 21 heavy (non-hydrogen) atoms. The first kappa shape index (κ1) is 13.1. The molecule has 0 saturated carbocycles. The molecule has 0 atom stereocenters. The molecule has 0 amide bonds. The van der Waals surface area contributed by atoms with Crippen LogP contribution >= 0.6 is 0 Å². The summed E-state index contributed by atoms with van der Waals surface area (Å²) in [6, 6.07) is 18.1. The lowest BCUT2D eigenvalue weighted by Crippen LogP contribution is -1.98. The number of nitrogens with zero attached hydrogens (tertiary/aromatic N) is 2. The van der Waals surface area contributed by atoms with Crippen molar-refractivity contribution in [2.75, 3.05) is 5.73 Å². The van der Waals surface area contributed by atoms with E-state index in [0.717, 1.165) is 16.9 Å². The number of anilines is 1. The molecule has 0 spiro atoms. The number of ether oxygens (including phenoxy) is 1. The molecule has 2 aromatic carbocycles. The maximum absolute atomic E-state index is 5.75. The van der Waals surface area contributed by atoms with Gasteiger partial charge in [0.15, 0.2) is 0 Å². The van der Waals surface area contributed by atoms with E-state index in [2.05, 4.69) is 22.1 Å². The molecule has 3 rings (SSSR count). The van der Waals surface area contributed by atoms with Crippen molar-refractivity contribution < 1.29 is 4.74 Å². The standard InChI is InChI=1S/C17H15N3O/c1-12-11-19-17(18)20-16(12)21-15-9-7-14(8-10-15)13-5-3-2-4-6-13/h2-11H,1H3,(H2,18,19,20). The van der Waals surface area contributed by atoms with Crippen molar-refractivity contribution in [2.45, 2.75) is 6.92 Å². The van der Waals surface area contributed by atoms with Gasteiger partial charge in [0.05, 0.1) is 0 Å². The minimum absolute atomic E-state index is 0.205. The molecule has 0 bridgehead atoms. The third-order valence-electron chi connectivity index (χ3n) is 3.12. The van der Waals surface area contributed by atoms with E-state index in [1.54, 1.807) is 6.20 Å². The number of aryl methyl sites for hydroxylation is 1. The van der Waals surface area contributed by atoms with E-state index in [-0.39, 0.29) is 5.95 Å². The van der Waals surface area contributed by atoms with Crippen molar-refractivity contribution >= 4 is 5.95 Å². The smallest absolute Gasteiger partial charge is 0.226 e. The number of rotatable bonds is 3. The highest BCUT2D eigenvalue weighted by Gasteiger charge is 2.05. The Morgan fingerprint density at radius 2 is 1.57 bits per heavy atom. The van der Waals surface area contributed by atoms with Crippen LogP contribution < -0.4 is 10.5 Å². The fraction of sp³-hybridized carbons (Fsp3) is 0.0588. The second kappa shape index (κ2) is 5.63. The van der Waals surface area contributed by atoms with Gasteiger partial charge in [0, 0.05) is 11.8 Å². The van der Waals surface area contributed by atoms with Crippen LogP contribution in [0, 0.1) is 6.92 Å². The average Bonchev–Trinajstić information content (AvgIpc) is 2.53. The van der Waals surface area contributed by atoms with E-state index in [4.69, 9.17) is 10.5 Å². The summed E-state index contributed by atoms with van der Waals surface area (Å²) >= 11 is 0. The van der Waals surface area contributed by atoms with Crippen LogP contribution in [0.2, 0.25) is 0 Å². The quantitative estimate of drug-likeness (QED) is 0.790. The summed E-state index contributed by atoms with van der Waals surface area (Å²) in [5, 5.41) is 0. The lowest BCUT2D eigenvalue weighted by atomic mass is 10.1. The first-order valence-electron chi connectivity index (χ1n) is 6.65. The normalized spacial score (nSPS) is 10.3. The topological polar surface area (TPSA) is 61.0 Å². The minimum atomic E-state index is 0.205. The molecule has 0 aliphatic carbocycles. The second-order valence-corrected chi connectivity index (χ2v) is 4.71. The highest BCUT2D eigenvalue weighted by Crippen LogP contribution is 2.26. The van der Waals surface area contributed by atoms with Crippen molar-refractivity contribution in [2.24, 2.45) is 0 Å². The lowest BCUT2D eigenvalue weighted by molar-refractivity contribution is 0.458. The number of benzene rings is 2. The van der Waals surface area contributed by atoms with Crippen LogP contribution in [0.25, 0.3) is 11.1 Å². The van der Waals surface area contributed by atoms with Crippen molar-refractivity contribution in [3.05, 3.63) is 66.4 Å². The summed E-state index contributed by atoms with van der Waals surface area (Å²) < 4.78 is 5.75. The molecule has 0 radical (unpaired) electrons. The molecule has 0 fully saturated rings. The molecule has 1 aromatic heterocycles. The van der Waals surface area contributed by atoms with Crippen molar-refractivity contribution in [1.82, 2.24) is 9.97 Å². The van der Waals surface area contributed by atoms with Gasteiger partial charge in [0.2, 0.25) is 11.8 Å². The predicted octanol–water partition coefficient (Wildman–Crippen LogP) is 3.83. The van der Waals surface area contributed by atoms with Crippen LogP contribution in [-0.2, 0) is 0 Å². The molecule has 104 valence electrons. The first-order chi connectivity index (χ1) is 10.2. The molecule has 0 aliphatic rings. The second-order valence-electron chi connectivity index (χ2n) is 4.71. The van der Waals surface area contributed by atoms with E-state index < -0.39 is 0 Å². The van der Waals surface area contributed by atoms with Crippen LogP contribution in [0.5, 0.6) is 11.6 Å². The van der Waals surface area contributed by atoms with Gasteiger partial charge < -0.3 is 10.5 Å². The van der Waals surface area contributed by atoms with Gasteiger partial charge in [0.25, 0.3) is 0 Å². The van der Waals surface area contributed by atoms with Gasteiger partial charge in [0.1, 0.15) is 5.75 Å². The zero-order valence-corrected chi connectivity index (χ0v) is 11.7. The van der Waals surface area contributed by atoms with Crippen LogP contribution in [0.4, 0.5) is 5.95 Å². The maximum atomic E-state index is 5.75. The van der Waals surface area contributed by atoms with E-state index in [9.17, 15) is 0 Å². The Balaban J connectivity index is 1.83. The zero-order chi connectivity index (χ0) is 14.7. The Hall–Kier alpha value is -2.88. The number of nitrogen functional groups attached to an aromatic ring is 1. The summed E-state index contributed by atoms with van der Waals surface area (Å²) in [5.74, 6) is 1.40. The lowest BCUT2D eigenvalue weighted by Gasteiger charge is -2.08. The summed E-state index contributed by atoms with van der Waals surface area (Å²) in [7, 11) is 0. The van der Waals surface area contributed by atoms with Crippen molar-refractivity contribution in [3.8, 4) is 22.8 Å². The number of hydrogen-bond donors (Lipinski definition) is 1. The van der Waals surface area contributed by atoms with Gasteiger partial charge in [-0.2, -0.15) is 4.98 Å². The molecule has 2 N–H and O–H groups in total. The zero-order valence-electron chi connectivity index (χ0n) is 11.7. The fourth-order valence-corrected chi connectivity index (χ4v) is 2.00. The Bertz CT molecular complexity index is 740. The Morgan fingerprint density at radius 3 is 2.29 bits per heavy atom. The van der Waals surface area contributed by atoms with Gasteiger partial charge >= 0.3 is 0 Å². The highest BCUT2D eigenvalue weighted by molar-refractivity contribution is 5.64. The van der Waals surface area contributed by atoms with Gasteiger partial charge in [-0.05, 0) is 30.2 Å². The number of nitrogens with two attached hydrogens (primary N) is 1. The molecule has 3 aromatic rings. The molecule has 4 nitrogen and oxygen atoms in total. The predicted molar refractivity (Wildman–Crippen MR) is 83.1 cm³/mol. The first-order valence-corrected chi connectivity index (χ1v) is 6.65. The molecule has 0 saturated heterocycles. The Labute approximate surface area is 123 Å². The van der Waals surface area contributed by atoms with Gasteiger partial charge in [-0.15, -0.1) is 0 Å². The van der Waals surface area contributed by atoms with Crippen LogP contribution in [0.1, 0.15) is 5.56 Å². The van der Waals surface area contributed by atoms with Gasteiger partial charge in [-0.1, -0.05) is 42.5 Å². The van der Waals surface area contributed by atoms with Crippen molar-refractivity contribution in [3.63, 3.8) is 0 Å². The van der Waals surface area contributed by atoms with Crippen LogP contribution in [0.15, 0.2) is 60.8 Å². The summed E-state index contributed by atoms with van der Waals surface area (Å²) in [6.07, 6.45) is 1.65. The fourth-order valence-electron chi connectivity index (χ4n) is 2.00. The van der Waals surface area contributed by atoms with E-state index in [0.29, 0.717) is 5.88 Å². The van der Waals surface area contributed by atoms with Gasteiger partial charge in [-0.3, -0.25) is 0 Å². The number of hydrogen-bond acceptors (Lipinski definition) is 4. The number of aromatic nitrogens is 2. The van der Waals surface area contributed by atoms with Crippen LogP contribution in [-0.4, -0.2) is 9.97 Å². The summed E-state index contributed by atoms with van der Waals surface area (Å²) in [4.78, 5) is 8.01. The molecule has 1 heterocycles. The third kappa shape index (κ3) is 3.00. The molecular formula is C17H15N3O. The molecule has 0 unspecified atom stereocenters. The summed E-state index contributed by atoms with van der Waals surface area (Å²) in [5.41, 5.74) is 8.74.